The monoisotopic (exact) mass is 227 g/mol. The number of rotatable bonds is 3. The number of benzene rings is 2. The fourth-order valence-corrected chi connectivity index (χ4v) is 1.76. The van der Waals surface area contributed by atoms with Crippen molar-refractivity contribution in [3.8, 4) is 5.75 Å². The fourth-order valence-electron chi connectivity index (χ4n) is 1.76. The average Bonchev–Trinajstić information content (AvgIpc) is 2.37. The molecular weight excluding hydrogens is 214 g/mol. The standard InChI is InChI=1S/C14H13NO2/c1-2-14(17)15-9-12-11-6-4-3-5-10(11)7-8-13(12)16/h2-8,16H,1,9H2,(H,15,17). The van der Waals surface area contributed by atoms with Crippen LogP contribution in [0, 0.1) is 0 Å². The fraction of sp³-hybridized carbons (Fsp3) is 0.0714. The summed E-state index contributed by atoms with van der Waals surface area (Å²) in [5.41, 5.74) is 0.721. The summed E-state index contributed by atoms with van der Waals surface area (Å²) in [5.74, 6) is -0.0644. The Morgan fingerprint density at radius 2 is 2.06 bits per heavy atom. The molecule has 0 spiro atoms. The van der Waals surface area contributed by atoms with Crippen molar-refractivity contribution < 1.29 is 9.90 Å². The van der Waals surface area contributed by atoms with Gasteiger partial charge >= 0.3 is 0 Å². The molecule has 3 nitrogen and oxygen atoms in total. The Labute approximate surface area is 99.4 Å². The van der Waals surface area contributed by atoms with Gasteiger partial charge in [-0.2, -0.15) is 0 Å². The van der Waals surface area contributed by atoms with E-state index in [0.29, 0.717) is 0 Å². The van der Waals surface area contributed by atoms with Crippen LogP contribution in [0.3, 0.4) is 0 Å². The van der Waals surface area contributed by atoms with Crippen LogP contribution in [-0.2, 0) is 11.3 Å². The quantitative estimate of drug-likeness (QED) is 0.791. The maximum Gasteiger partial charge on any atom is 0.243 e. The van der Waals surface area contributed by atoms with Crippen molar-refractivity contribution in [2.45, 2.75) is 6.54 Å². The Morgan fingerprint density at radius 1 is 1.29 bits per heavy atom. The summed E-state index contributed by atoms with van der Waals surface area (Å²) in [6.07, 6.45) is 1.21. The second-order valence-electron chi connectivity index (χ2n) is 3.71. The lowest BCUT2D eigenvalue weighted by Crippen LogP contribution is -2.20. The SMILES string of the molecule is C=CC(=O)NCc1c(O)ccc2ccccc12. The van der Waals surface area contributed by atoms with Gasteiger partial charge in [-0.15, -0.1) is 0 Å². The molecule has 1 amide bonds. The van der Waals surface area contributed by atoms with E-state index in [9.17, 15) is 9.90 Å². The number of hydrogen-bond donors (Lipinski definition) is 2. The molecule has 0 bridgehead atoms. The van der Waals surface area contributed by atoms with Crippen molar-refractivity contribution in [3.63, 3.8) is 0 Å². The summed E-state index contributed by atoms with van der Waals surface area (Å²) >= 11 is 0. The molecule has 3 heteroatoms. The summed E-state index contributed by atoms with van der Waals surface area (Å²) in [7, 11) is 0. The van der Waals surface area contributed by atoms with Crippen LogP contribution in [-0.4, -0.2) is 11.0 Å². The van der Waals surface area contributed by atoms with Gasteiger partial charge in [0.05, 0.1) is 0 Å². The first-order valence-corrected chi connectivity index (χ1v) is 5.32. The Bertz CT molecular complexity index is 575. The minimum atomic E-state index is -0.252. The highest BCUT2D eigenvalue weighted by Crippen LogP contribution is 2.26. The molecule has 0 heterocycles. The number of carbonyl (C=O) groups is 1. The van der Waals surface area contributed by atoms with E-state index in [1.807, 2.05) is 30.3 Å². The van der Waals surface area contributed by atoms with Gasteiger partial charge in [-0.25, -0.2) is 0 Å². The first-order chi connectivity index (χ1) is 8.22. The summed E-state index contributed by atoms with van der Waals surface area (Å²) in [5, 5.41) is 14.5. The molecule has 0 aliphatic rings. The first-order valence-electron chi connectivity index (χ1n) is 5.32. The molecule has 17 heavy (non-hydrogen) atoms. The molecule has 0 saturated carbocycles. The van der Waals surface area contributed by atoms with Crippen LogP contribution < -0.4 is 5.32 Å². The van der Waals surface area contributed by atoms with Crippen molar-refractivity contribution in [2.75, 3.05) is 0 Å². The third-order valence-corrected chi connectivity index (χ3v) is 2.64. The largest absolute Gasteiger partial charge is 0.508 e. The summed E-state index contributed by atoms with van der Waals surface area (Å²) < 4.78 is 0. The van der Waals surface area contributed by atoms with Gasteiger partial charge in [0, 0.05) is 12.1 Å². The molecule has 2 rings (SSSR count). The van der Waals surface area contributed by atoms with Gasteiger partial charge < -0.3 is 10.4 Å². The highest BCUT2D eigenvalue weighted by Gasteiger charge is 2.07. The van der Waals surface area contributed by atoms with Crippen molar-refractivity contribution in [1.82, 2.24) is 5.32 Å². The van der Waals surface area contributed by atoms with Gasteiger partial charge in [0.2, 0.25) is 5.91 Å². The number of aromatic hydroxyl groups is 1. The first kappa shape index (κ1) is 11.2. The van der Waals surface area contributed by atoms with E-state index in [1.54, 1.807) is 6.07 Å². The maximum atomic E-state index is 11.1. The Balaban J connectivity index is 2.40. The minimum Gasteiger partial charge on any atom is -0.508 e. The molecule has 0 aliphatic carbocycles. The van der Waals surface area contributed by atoms with Crippen molar-refractivity contribution in [2.24, 2.45) is 0 Å². The topological polar surface area (TPSA) is 49.3 Å². The number of carbonyl (C=O) groups excluding carboxylic acids is 1. The van der Waals surface area contributed by atoms with Crippen LogP contribution in [0.4, 0.5) is 0 Å². The molecule has 86 valence electrons. The second-order valence-corrected chi connectivity index (χ2v) is 3.71. The number of amides is 1. The number of hydrogen-bond acceptors (Lipinski definition) is 2. The van der Waals surface area contributed by atoms with E-state index in [0.717, 1.165) is 16.3 Å². The minimum absolute atomic E-state index is 0.188. The highest BCUT2D eigenvalue weighted by atomic mass is 16.3. The zero-order valence-corrected chi connectivity index (χ0v) is 9.31. The summed E-state index contributed by atoms with van der Waals surface area (Å²) in [6, 6.07) is 11.2. The smallest absolute Gasteiger partial charge is 0.243 e. The molecule has 0 radical (unpaired) electrons. The van der Waals surface area contributed by atoms with E-state index in [-0.39, 0.29) is 18.2 Å². The second kappa shape index (κ2) is 4.70. The van der Waals surface area contributed by atoms with E-state index >= 15 is 0 Å². The van der Waals surface area contributed by atoms with Crippen LogP contribution >= 0.6 is 0 Å². The predicted molar refractivity (Wildman–Crippen MR) is 67.7 cm³/mol. The molecular formula is C14H13NO2. The van der Waals surface area contributed by atoms with Gasteiger partial charge in [-0.05, 0) is 22.9 Å². The normalized spacial score (nSPS) is 10.1. The summed E-state index contributed by atoms with van der Waals surface area (Å²) in [6.45, 7) is 3.67. The van der Waals surface area contributed by atoms with E-state index in [4.69, 9.17) is 0 Å². The third-order valence-electron chi connectivity index (χ3n) is 2.64. The number of nitrogens with one attached hydrogen (secondary N) is 1. The molecule has 2 aromatic carbocycles. The molecule has 2 N–H and O–H groups in total. The van der Waals surface area contributed by atoms with E-state index in [1.165, 1.54) is 6.08 Å². The van der Waals surface area contributed by atoms with Crippen LogP contribution in [0.1, 0.15) is 5.56 Å². The van der Waals surface area contributed by atoms with E-state index in [2.05, 4.69) is 11.9 Å². The summed E-state index contributed by atoms with van der Waals surface area (Å²) in [4.78, 5) is 11.1. The van der Waals surface area contributed by atoms with Gasteiger partial charge in [-0.3, -0.25) is 4.79 Å². The van der Waals surface area contributed by atoms with Crippen molar-refractivity contribution in [3.05, 3.63) is 54.6 Å². The van der Waals surface area contributed by atoms with Crippen LogP contribution in [0.25, 0.3) is 10.8 Å². The predicted octanol–water partition coefficient (Wildman–Crippen LogP) is 2.35. The lowest BCUT2D eigenvalue weighted by Gasteiger charge is -2.09. The lowest BCUT2D eigenvalue weighted by molar-refractivity contribution is -0.116. The van der Waals surface area contributed by atoms with Gasteiger partial charge in [-0.1, -0.05) is 36.9 Å². The van der Waals surface area contributed by atoms with E-state index < -0.39 is 0 Å². The van der Waals surface area contributed by atoms with Gasteiger partial charge in [0.25, 0.3) is 0 Å². The Hall–Kier alpha value is -2.29. The lowest BCUT2D eigenvalue weighted by atomic mass is 10.0. The van der Waals surface area contributed by atoms with Crippen molar-refractivity contribution in [1.29, 1.82) is 0 Å². The molecule has 0 aliphatic heterocycles. The molecule has 0 saturated heterocycles. The number of phenols is 1. The Morgan fingerprint density at radius 3 is 2.82 bits per heavy atom. The van der Waals surface area contributed by atoms with Crippen LogP contribution in [0.5, 0.6) is 5.75 Å². The van der Waals surface area contributed by atoms with Crippen LogP contribution in [0.2, 0.25) is 0 Å². The number of fused-ring (bicyclic) bond motifs is 1. The van der Waals surface area contributed by atoms with Gasteiger partial charge in [0.15, 0.2) is 0 Å². The van der Waals surface area contributed by atoms with Gasteiger partial charge in [0.1, 0.15) is 5.75 Å². The molecule has 0 aromatic heterocycles. The molecule has 0 fully saturated rings. The average molecular weight is 227 g/mol. The molecule has 2 aromatic rings. The maximum absolute atomic E-state index is 11.1. The number of phenolic OH excluding ortho intramolecular Hbond substituents is 1. The van der Waals surface area contributed by atoms with Crippen molar-refractivity contribution >= 4 is 16.7 Å². The zero-order chi connectivity index (χ0) is 12.3. The third kappa shape index (κ3) is 2.28. The van der Waals surface area contributed by atoms with Crippen LogP contribution in [0.15, 0.2) is 49.1 Å². The molecule has 0 unspecified atom stereocenters. The molecule has 0 atom stereocenters. The zero-order valence-electron chi connectivity index (χ0n) is 9.31. The highest BCUT2D eigenvalue weighted by molar-refractivity contribution is 5.89. The Kier molecular flexibility index (Phi) is 3.10.